The van der Waals surface area contributed by atoms with E-state index in [2.05, 4.69) is 14.9 Å². The summed E-state index contributed by atoms with van der Waals surface area (Å²) >= 11 is 6.08. The Kier molecular flexibility index (Phi) is 5.45. The Bertz CT molecular complexity index is 1270. The van der Waals surface area contributed by atoms with Crippen molar-refractivity contribution in [2.24, 2.45) is 0 Å². The van der Waals surface area contributed by atoms with E-state index in [0.29, 0.717) is 42.7 Å². The summed E-state index contributed by atoms with van der Waals surface area (Å²) in [6, 6.07) is 17.2. The van der Waals surface area contributed by atoms with Crippen LogP contribution in [0.25, 0.3) is 22.2 Å². The molecule has 0 N–H and O–H groups in total. The summed E-state index contributed by atoms with van der Waals surface area (Å²) in [6.07, 6.45) is 3.48. The first-order valence-electron chi connectivity index (χ1n) is 10.6. The first-order chi connectivity index (χ1) is 15.6. The third-order valence-electron chi connectivity index (χ3n) is 5.87. The third-order valence-corrected chi connectivity index (χ3v) is 6.12. The molecule has 0 radical (unpaired) electrons. The van der Waals surface area contributed by atoms with Crippen molar-refractivity contribution in [3.05, 3.63) is 83.1 Å². The van der Waals surface area contributed by atoms with Crippen molar-refractivity contribution in [3.63, 3.8) is 0 Å². The van der Waals surface area contributed by atoms with E-state index >= 15 is 0 Å². The molecule has 1 aliphatic rings. The highest BCUT2D eigenvalue weighted by Gasteiger charge is 2.27. The van der Waals surface area contributed by atoms with Crippen LogP contribution in [-0.4, -0.2) is 51.9 Å². The summed E-state index contributed by atoms with van der Waals surface area (Å²) in [5.41, 5.74) is 4.15. The zero-order chi connectivity index (χ0) is 22.1. The molecule has 0 aliphatic carbocycles. The predicted molar refractivity (Wildman–Crippen MR) is 127 cm³/mol. The highest BCUT2D eigenvalue weighted by molar-refractivity contribution is 6.30. The Balaban J connectivity index is 1.50. The maximum absolute atomic E-state index is 13.7. The zero-order valence-electron chi connectivity index (χ0n) is 17.7. The van der Waals surface area contributed by atoms with Gasteiger partial charge in [-0.2, -0.15) is 0 Å². The first kappa shape index (κ1) is 20.4. The number of hydrogen-bond donors (Lipinski definition) is 0. The molecule has 1 saturated heterocycles. The molecule has 5 rings (SSSR count). The lowest BCUT2D eigenvalue weighted by atomic mass is 9.96. The van der Waals surface area contributed by atoms with Gasteiger partial charge in [0.2, 0.25) is 5.95 Å². The van der Waals surface area contributed by atoms with Crippen molar-refractivity contribution in [2.45, 2.75) is 6.92 Å². The van der Waals surface area contributed by atoms with Gasteiger partial charge in [0.15, 0.2) is 0 Å². The standard InChI is InChI=1S/C25H22ClN5O/c1-17-22(24(32)30-13-15-31(16-14-30)25-27-11-4-12-28-25)20-5-2-3-6-21(20)29-23(17)18-7-9-19(26)10-8-18/h2-12H,13-16H2,1H3. The number of halogens is 1. The number of anilines is 1. The van der Waals surface area contributed by atoms with Gasteiger partial charge in [0.1, 0.15) is 0 Å². The number of fused-ring (bicyclic) bond motifs is 1. The lowest BCUT2D eigenvalue weighted by molar-refractivity contribution is 0.0747. The SMILES string of the molecule is Cc1c(-c2ccc(Cl)cc2)nc2ccccc2c1C(=O)N1CCN(c2ncccn2)CC1. The molecule has 1 aliphatic heterocycles. The summed E-state index contributed by atoms with van der Waals surface area (Å²) in [6.45, 7) is 4.60. The van der Waals surface area contributed by atoms with Gasteiger partial charge in [-0.1, -0.05) is 41.9 Å². The van der Waals surface area contributed by atoms with Crippen LogP contribution >= 0.6 is 11.6 Å². The van der Waals surface area contributed by atoms with Crippen LogP contribution < -0.4 is 4.90 Å². The number of piperazine rings is 1. The quantitative estimate of drug-likeness (QED) is 0.462. The number of amides is 1. The van der Waals surface area contributed by atoms with Crippen molar-refractivity contribution in [2.75, 3.05) is 31.1 Å². The number of hydrogen-bond acceptors (Lipinski definition) is 5. The molecule has 2 aromatic carbocycles. The van der Waals surface area contributed by atoms with E-state index in [0.717, 1.165) is 27.7 Å². The fourth-order valence-electron chi connectivity index (χ4n) is 4.19. The molecular formula is C25H22ClN5O. The molecule has 6 nitrogen and oxygen atoms in total. The van der Waals surface area contributed by atoms with Crippen LogP contribution in [0.5, 0.6) is 0 Å². The molecule has 1 fully saturated rings. The van der Waals surface area contributed by atoms with Crippen LogP contribution in [0.1, 0.15) is 15.9 Å². The minimum absolute atomic E-state index is 0.0324. The Hall–Kier alpha value is -3.51. The van der Waals surface area contributed by atoms with Crippen molar-refractivity contribution >= 4 is 34.4 Å². The van der Waals surface area contributed by atoms with Gasteiger partial charge in [0, 0.05) is 54.5 Å². The second kappa shape index (κ2) is 8.55. The molecule has 2 aromatic heterocycles. The number of nitrogens with zero attached hydrogens (tertiary/aromatic N) is 5. The predicted octanol–water partition coefficient (Wildman–Crippen LogP) is 4.62. The average Bonchev–Trinajstić information content (AvgIpc) is 2.84. The largest absolute Gasteiger partial charge is 0.337 e. The van der Waals surface area contributed by atoms with Crippen LogP contribution in [0.2, 0.25) is 5.02 Å². The van der Waals surface area contributed by atoms with E-state index in [1.165, 1.54) is 0 Å². The highest BCUT2D eigenvalue weighted by Crippen LogP contribution is 2.31. The summed E-state index contributed by atoms with van der Waals surface area (Å²) in [5.74, 6) is 0.736. The lowest BCUT2D eigenvalue weighted by Gasteiger charge is -2.35. The van der Waals surface area contributed by atoms with E-state index in [4.69, 9.17) is 16.6 Å². The second-order valence-corrected chi connectivity index (χ2v) is 8.25. The fourth-order valence-corrected chi connectivity index (χ4v) is 4.32. The van der Waals surface area contributed by atoms with Gasteiger partial charge in [0.25, 0.3) is 5.91 Å². The molecule has 7 heteroatoms. The second-order valence-electron chi connectivity index (χ2n) is 7.81. The van der Waals surface area contributed by atoms with Crippen LogP contribution in [-0.2, 0) is 0 Å². The molecule has 32 heavy (non-hydrogen) atoms. The molecule has 3 heterocycles. The number of carbonyl (C=O) groups excluding carboxylic acids is 1. The van der Waals surface area contributed by atoms with E-state index < -0.39 is 0 Å². The number of benzene rings is 2. The summed E-state index contributed by atoms with van der Waals surface area (Å²) in [4.78, 5) is 31.3. The van der Waals surface area contributed by atoms with E-state index in [-0.39, 0.29) is 5.91 Å². The van der Waals surface area contributed by atoms with E-state index in [1.807, 2.05) is 60.4 Å². The van der Waals surface area contributed by atoms with Crippen molar-refractivity contribution < 1.29 is 4.79 Å². The number of rotatable bonds is 3. The van der Waals surface area contributed by atoms with Crippen LogP contribution in [0.4, 0.5) is 5.95 Å². The maximum Gasteiger partial charge on any atom is 0.255 e. The minimum Gasteiger partial charge on any atom is -0.337 e. The maximum atomic E-state index is 13.7. The molecule has 1 amide bonds. The highest BCUT2D eigenvalue weighted by atomic mass is 35.5. The summed E-state index contributed by atoms with van der Waals surface area (Å²) in [7, 11) is 0. The molecule has 0 spiro atoms. The van der Waals surface area contributed by atoms with Gasteiger partial charge in [-0.15, -0.1) is 0 Å². The van der Waals surface area contributed by atoms with Gasteiger partial charge in [0.05, 0.1) is 16.8 Å². The average molecular weight is 444 g/mol. The Morgan fingerprint density at radius 1 is 0.906 bits per heavy atom. The molecule has 0 atom stereocenters. The minimum atomic E-state index is 0.0324. The van der Waals surface area contributed by atoms with Crippen LogP contribution in [0.15, 0.2) is 67.0 Å². The van der Waals surface area contributed by atoms with Crippen molar-refractivity contribution in [3.8, 4) is 11.3 Å². The first-order valence-corrected chi connectivity index (χ1v) is 11.0. The Morgan fingerprint density at radius 3 is 2.31 bits per heavy atom. The van der Waals surface area contributed by atoms with Gasteiger partial charge in [-0.05, 0) is 36.8 Å². The molecule has 160 valence electrons. The molecule has 0 bridgehead atoms. The monoisotopic (exact) mass is 443 g/mol. The Morgan fingerprint density at radius 2 is 1.59 bits per heavy atom. The normalized spacial score (nSPS) is 14.1. The number of para-hydroxylation sites is 1. The molecular weight excluding hydrogens is 422 g/mol. The van der Waals surface area contributed by atoms with Crippen LogP contribution in [0, 0.1) is 6.92 Å². The van der Waals surface area contributed by atoms with Gasteiger partial charge in [-0.3, -0.25) is 4.79 Å². The third kappa shape index (κ3) is 3.78. The van der Waals surface area contributed by atoms with Crippen molar-refractivity contribution in [1.29, 1.82) is 0 Å². The topological polar surface area (TPSA) is 62.2 Å². The number of carbonyl (C=O) groups is 1. The van der Waals surface area contributed by atoms with Gasteiger partial charge >= 0.3 is 0 Å². The number of aromatic nitrogens is 3. The summed E-state index contributed by atoms with van der Waals surface area (Å²) < 4.78 is 0. The molecule has 0 unspecified atom stereocenters. The van der Waals surface area contributed by atoms with Crippen LogP contribution in [0.3, 0.4) is 0 Å². The lowest BCUT2D eigenvalue weighted by Crippen LogP contribution is -2.49. The smallest absolute Gasteiger partial charge is 0.255 e. The van der Waals surface area contributed by atoms with E-state index in [9.17, 15) is 4.79 Å². The van der Waals surface area contributed by atoms with Gasteiger partial charge in [-0.25, -0.2) is 15.0 Å². The fraction of sp³-hybridized carbons (Fsp3) is 0.200. The van der Waals surface area contributed by atoms with Crippen molar-refractivity contribution in [1.82, 2.24) is 19.9 Å². The summed E-state index contributed by atoms with van der Waals surface area (Å²) in [5, 5.41) is 1.55. The molecule has 4 aromatic rings. The number of pyridine rings is 1. The Labute approximate surface area is 191 Å². The zero-order valence-corrected chi connectivity index (χ0v) is 18.5. The van der Waals surface area contributed by atoms with E-state index in [1.54, 1.807) is 18.5 Å². The molecule has 0 saturated carbocycles. The van der Waals surface area contributed by atoms with Gasteiger partial charge < -0.3 is 9.80 Å².